The molecule has 2 rings (SSSR count). The Morgan fingerprint density at radius 1 is 1.10 bits per heavy atom. The second-order valence-corrected chi connectivity index (χ2v) is 4.49. The molecule has 0 saturated heterocycles. The SMILES string of the molecule is COc1ccc(COCc2ccc(N)c([N+](=O)[O-])c2)cc1. The van der Waals surface area contributed by atoms with Crippen molar-refractivity contribution in [2.24, 2.45) is 0 Å². The lowest BCUT2D eigenvalue weighted by molar-refractivity contribution is -0.384. The van der Waals surface area contributed by atoms with E-state index in [9.17, 15) is 10.1 Å². The van der Waals surface area contributed by atoms with Crippen molar-refractivity contribution in [1.29, 1.82) is 0 Å². The van der Waals surface area contributed by atoms with Crippen LogP contribution in [0.1, 0.15) is 11.1 Å². The van der Waals surface area contributed by atoms with Gasteiger partial charge in [-0.1, -0.05) is 18.2 Å². The number of hydrogen-bond donors (Lipinski definition) is 1. The number of methoxy groups -OCH3 is 1. The quantitative estimate of drug-likeness (QED) is 0.501. The van der Waals surface area contributed by atoms with E-state index in [0.717, 1.165) is 11.3 Å². The van der Waals surface area contributed by atoms with E-state index in [1.54, 1.807) is 13.2 Å². The highest BCUT2D eigenvalue weighted by Gasteiger charge is 2.11. The van der Waals surface area contributed by atoms with Crippen molar-refractivity contribution >= 4 is 11.4 Å². The van der Waals surface area contributed by atoms with Crippen LogP contribution in [-0.2, 0) is 18.0 Å². The van der Waals surface area contributed by atoms with Gasteiger partial charge in [0.15, 0.2) is 0 Å². The minimum atomic E-state index is -0.498. The number of hydrogen-bond acceptors (Lipinski definition) is 5. The highest BCUT2D eigenvalue weighted by atomic mass is 16.6. The van der Waals surface area contributed by atoms with Crippen LogP contribution in [0.4, 0.5) is 11.4 Å². The molecule has 0 atom stereocenters. The number of rotatable bonds is 6. The third kappa shape index (κ3) is 3.93. The number of ether oxygens (including phenoxy) is 2. The second kappa shape index (κ2) is 6.71. The number of nitro groups is 1. The molecule has 0 amide bonds. The van der Waals surface area contributed by atoms with Crippen LogP contribution in [0.5, 0.6) is 5.75 Å². The number of anilines is 1. The molecule has 6 nitrogen and oxygen atoms in total. The molecule has 0 heterocycles. The van der Waals surface area contributed by atoms with E-state index >= 15 is 0 Å². The number of benzene rings is 2. The molecule has 0 aliphatic carbocycles. The third-order valence-corrected chi connectivity index (χ3v) is 2.99. The molecular formula is C15H16N2O4. The average molecular weight is 288 g/mol. The summed E-state index contributed by atoms with van der Waals surface area (Å²) in [6.07, 6.45) is 0. The van der Waals surface area contributed by atoms with E-state index in [1.165, 1.54) is 12.1 Å². The van der Waals surface area contributed by atoms with Gasteiger partial charge in [-0.3, -0.25) is 10.1 Å². The molecule has 2 aromatic carbocycles. The van der Waals surface area contributed by atoms with Crippen LogP contribution in [0.15, 0.2) is 42.5 Å². The summed E-state index contributed by atoms with van der Waals surface area (Å²) in [5, 5.41) is 10.8. The summed E-state index contributed by atoms with van der Waals surface area (Å²) in [7, 11) is 1.61. The third-order valence-electron chi connectivity index (χ3n) is 2.99. The van der Waals surface area contributed by atoms with Gasteiger partial charge in [-0.15, -0.1) is 0 Å². The molecule has 2 N–H and O–H groups in total. The first kappa shape index (κ1) is 14.8. The highest BCUT2D eigenvalue weighted by Crippen LogP contribution is 2.23. The summed E-state index contributed by atoms with van der Waals surface area (Å²) in [5.74, 6) is 0.785. The lowest BCUT2D eigenvalue weighted by Gasteiger charge is -2.06. The van der Waals surface area contributed by atoms with E-state index in [1.807, 2.05) is 24.3 Å². The number of nitro benzene ring substituents is 1. The zero-order chi connectivity index (χ0) is 15.2. The summed E-state index contributed by atoms with van der Waals surface area (Å²) < 4.78 is 10.6. The van der Waals surface area contributed by atoms with Gasteiger partial charge in [0.1, 0.15) is 11.4 Å². The fourth-order valence-corrected chi connectivity index (χ4v) is 1.85. The molecule has 0 saturated carbocycles. The molecule has 0 spiro atoms. The molecule has 0 aliphatic rings. The van der Waals surface area contributed by atoms with Crippen molar-refractivity contribution in [2.45, 2.75) is 13.2 Å². The van der Waals surface area contributed by atoms with Crippen LogP contribution < -0.4 is 10.5 Å². The van der Waals surface area contributed by atoms with Crippen molar-refractivity contribution in [1.82, 2.24) is 0 Å². The van der Waals surface area contributed by atoms with Gasteiger partial charge in [0.2, 0.25) is 0 Å². The number of nitrogens with zero attached hydrogens (tertiary/aromatic N) is 1. The lowest BCUT2D eigenvalue weighted by atomic mass is 10.2. The summed E-state index contributed by atoms with van der Waals surface area (Å²) in [6.45, 7) is 0.704. The molecule has 0 unspecified atom stereocenters. The molecule has 0 fully saturated rings. The van der Waals surface area contributed by atoms with Crippen LogP contribution in [0, 0.1) is 10.1 Å². The maximum absolute atomic E-state index is 10.8. The molecule has 110 valence electrons. The van der Waals surface area contributed by atoms with Crippen molar-refractivity contribution < 1.29 is 14.4 Å². The predicted molar refractivity (Wildman–Crippen MR) is 79.0 cm³/mol. The van der Waals surface area contributed by atoms with Crippen molar-refractivity contribution in [3.8, 4) is 5.75 Å². The molecule has 6 heteroatoms. The summed E-state index contributed by atoms with van der Waals surface area (Å²) >= 11 is 0. The second-order valence-electron chi connectivity index (χ2n) is 4.49. The zero-order valence-electron chi connectivity index (χ0n) is 11.6. The maximum atomic E-state index is 10.8. The van der Waals surface area contributed by atoms with Crippen LogP contribution in [0.25, 0.3) is 0 Å². The average Bonchev–Trinajstić information content (AvgIpc) is 2.49. The van der Waals surface area contributed by atoms with Gasteiger partial charge in [-0.05, 0) is 29.3 Å². The standard InChI is InChI=1S/C15H16N2O4/c1-20-13-5-2-11(3-6-13)9-21-10-12-4-7-14(16)15(8-12)17(18)19/h2-8H,9-10,16H2,1H3. The van der Waals surface area contributed by atoms with Gasteiger partial charge < -0.3 is 15.2 Å². The Kier molecular flexibility index (Phi) is 4.73. The van der Waals surface area contributed by atoms with Crippen LogP contribution >= 0.6 is 0 Å². The Labute approximate surface area is 122 Å². The lowest BCUT2D eigenvalue weighted by Crippen LogP contribution is -1.99. The first-order valence-corrected chi connectivity index (χ1v) is 6.33. The van der Waals surface area contributed by atoms with Crippen LogP contribution in [0.3, 0.4) is 0 Å². The topological polar surface area (TPSA) is 87.6 Å². The minimum Gasteiger partial charge on any atom is -0.497 e. The first-order chi connectivity index (χ1) is 10.1. The summed E-state index contributed by atoms with van der Waals surface area (Å²) in [5.41, 5.74) is 7.31. The van der Waals surface area contributed by atoms with E-state index in [4.69, 9.17) is 15.2 Å². The van der Waals surface area contributed by atoms with Crippen LogP contribution in [0.2, 0.25) is 0 Å². The van der Waals surface area contributed by atoms with E-state index in [-0.39, 0.29) is 18.0 Å². The Balaban J connectivity index is 1.93. The Hall–Kier alpha value is -2.60. The summed E-state index contributed by atoms with van der Waals surface area (Å²) in [4.78, 5) is 10.3. The van der Waals surface area contributed by atoms with Crippen LogP contribution in [-0.4, -0.2) is 12.0 Å². The van der Waals surface area contributed by atoms with E-state index in [2.05, 4.69) is 0 Å². The normalized spacial score (nSPS) is 10.3. The molecule has 21 heavy (non-hydrogen) atoms. The first-order valence-electron chi connectivity index (χ1n) is 6.33. The van der Waals surface area contributed by atoms with E-state index < -0.39 is 4.92 Å². The predicted octanol–water partition coefficient (Wildman–Crippen LogP) is 2.90. The Morgan fingerprint density at radius 3 is 2.33 bits per heavy atom. The maximum Gasteiger partial charge on any atom is 0.292 e. The Morgan fingerprint density at radius 2 is 1.71 bits per heavy atom. The number of nitrogens with two attached hydrogens (primary N) is 1. The highest BCUT2D eigenvalue weighted by molar-refractivity contribution is 5.59. The fourth-order valence-electron chi connectivity index (χ4n) is 1.85. The van der Waals surface area contributed by atoms with Crippen molar-refractivity contribution in [3.63, 3.8) is 0 Å². The molecule has 0 radical (unpaired) electrons. The van der Waals surface area contributed by atoms with Gasteiger partial charge in [0.25, 0.3) is 5.69 Å². The van der Waals surface area contributed by atoms with Gasteiger partial charge in [0, 0.05) is 6.07 Å². The molecule has 0 bridgehead atoms. The van der Waals surface area contributed by atoms with Gasteiger partial charge >= 0.3 is 0 Å². The smallest absolute Gasteiger partial charge is 0.292 e. The van der Waals surface area contributed by atoms with E-state index in [0.29, 0.717) is 12.2 Å². The molecule has 0 aliphatic heterocycles. The van der Waals surface area contributed by atoms with Gasteiger partial charge in [-0.2, -0.15) is 0 Å². The fraction of sp³-hybridized carbons (Fsp3) is 0.200. The van der Waals surface area contributed by atoms with Gasteiger partial charge in [0.05, 0.1) is 25.2 Å². The minimum absolute atomic E-state index is 0.0967. The number of nitrogen functional groups attached to an aromatic ring is 1. The molecule has 0 aromatic heterocycles. The van der Waals surface area contributed by atoms with Crippen molar-refractivity contribution in [2.75, 3.05) is 12.8 Å². The Bertz CT molecular complexity index is 626. The molecule has 2 aromatic rings. The van der Waals surface area contributed by atoms with Crippen molar-refractivity contribution in [3.05, 3.63) is 63.7 Å². The summed E-state index contributed by atoms with van der Waals surface area (Å²) in [6, 6.07) is 12.2. The monoisotopic (exact) mass is 288 g/mol. The van der Waals surface area contributed by atoms with Gasteiger partial charge in [-0.25, -0.2) is 0 Å². The zero-order valence-corrected chi connectivity index (χ0v) is 11.6. The largest absolute Gasteiger partial charge is 0.497 e. The molecular weight excluding hydrogens is 272 g/mol.